The largest absolute Gasteiger partial charge is 0.338 e. The molecule has 7 nitrogen and oxygen atoms in total. The number of carbonyl (C=O) groups is 1. The minimum Gasteiger partial charge on any atom is -0.338 e. The molecule has 3 rings (SSSR count). The zero-order valence-electron chi connectivity index (χ0n) is 17.3. The van der Waals surface area contributed by atoms with E-state index in [4.69, 9.17) is 0 Å². The van der Waals surface area contributed by atoms with Crippen LogP contribution in [-0.4, -0.2) is 41.3 Å². The maximum atomic E-state index is 13.1. The standard InChI is InChI=1S/C22H26N4O3S/c1-4-26(5-2)30(28,29)19-13-9-12-18(16-19)22(27)24-20(17-10-7-6-8-11-17)21-23-14-15-25(21)3/h6-16,20H,4-5H2,1-3H3,(H,24,27). The lowest BCUT2D eigenvalue weighted by atomic mass is 10.1. The number of rotatable bonds is 8. The molecule has 0 aliphatic heterocycles. The Labute approximate surface area is 177 Å². The van der Waals surface area contributed by atoms with Crippen LogP contribution in [0.1, 0.15) is 41.6 Å². The number of nitrogens with one attached hydrogen (secondary N) is 1. The number of aryl methyl sites for hydroxylation is 1. The summed E-state index contributed by atoms with van der Waals surface area (Å²) < 4.78 is 28.9. The first-order chi connectivity index (χ1) is 14.4. The average molecular weight is 427 g/mol. The summed E-state index contributed by atoms with van der Waals surface area (Å²) in [6.45, 7) is 4.30. The van der Waals surface area contributed by atoms with Gasteiger partial charge in [0.1, 0.15) is 11.9 Å². The first-order valence-corrected chi connectivity index (χ1v) is 11.3. The maximum absolute atomic E-state index is 13.1. The average Bonchev–Trinajstić information content (AvgIpc) is 3.18. The first kappa shape index (κ1) is 21.7. The van der Waals surface area contributed by atoms with Gasteiger partial charge in [0.05, 0.1) is 4.90 Å². The van der Waals surface area contributed by atoms with E-state index >= 15 is 0 Å². The third-order valence-corrected chi connectivity index (χ3v) is 7.01. The SMILES string of the molecule is CCN(CC)S(=O)(=O)c1cccc(C(=O)NC(c2ccccc2)c2nccn2C)c1. The number of amides is 1. The summed E-state index contributed by atoms with van der Waals surface area (Å²) in [5.74, 6) is 0.310. The number of imidazole rings is 1. The van der Waals surface area contributed by atoms with Crippen LogP contribution in [-0.2, 0) is 17.1 Å². The molecule has 0 saturated heterocycles. The molecule has 1 amide bonds. The van der Waals surface area contributed by atoms with Gasteiger partial charge in [-0.2, -0.15) is 4.31 Å². The highest BCUT2D eigenvalue weighted by Gasteiger charge is 2.24. The zero-order chi connectivity index (χ0) is 21.7. The summed E-state index contributed by atoms with van der Waals surface area (Å²) in [6.07, 6.45) is 3.49. The van der Waals surface area contributed by atoms with Crippen LogP contribution in [0.5, 0.6) is 0 Å². The van der Waals surface area contributed by atoms with Crippen molar-refractivity contribution in [3.8, 4) is 0 Å². The van der Waals surface area contributed by atoms with Crippen LogP contribution >= 0.6 is 0 Å². The third-order valence-electron chi connectivity index (χ3n) is 4.96. The van der Waals surface area contributed by atoms with Crippen LogP contribution in [0.15, 0.2) is 71.9 Å². The van der Waals surface area contributed by atoms with Gasteiger partial charge in [0.25, 0.3) is 5.91 Å². The van der Waals surface area contributed by atoms with Crippen molar-refractivity contribution in [1.29, 1.82) is 0 Å². The molecule has 1 aromatic heterocycles. The van der Waals surface area contributed by atoms with E-state index in [1.165, 1.54) is 16.4 Å². The summed E-state index contributed by atoms with van der Waals surface area (Å²) in [6, 6.07) is 15.2. The van der Waals surface area contributed by atoms with Gasteiger partial charge in [0.15, 0.2) is 0 Å². The second-order valence-corrected chi connectivity index (χ2v) is 8.77. The van der Waals surface area contributed by atoms with Crippen LogP contribution in [0.4, 0.5) is 0 Å². The fraction of sp³-hybridized carbons (Fsp3) is 0.273. The Bertz CT molecular complexity index is 1110. The van der Waals surface area contributed by atoms with Crippen LogP contribution in [0.25, 0.3) is 0 Å². The van der Waals surface area contributed by atoms with Crippen molar-refractivity contribution < 1.29 is 13.2 Å². The molecule has 1 unspecified atom stereocenters. The highest BCUT2D eigenvalue weighted by Crippen LogP contribution is 2.22. The van der Waals surface area contributed by atoms with Crippen LogP contribution in [0, 0.1) is 0 Å². The lowest BCUT2D eigenvalue weighted by Crippen LogP contribution is -2.32. The van der Waals surface area contributed by atoms with Gasteiger partial charge in [-0.1, -0.05) is 50.2 Å². The Morgan fingerprint density at radius 1 is 1.10 bits per heavy atom. The van der Waals surface area contributed by atoms with Crippen molar-refractivity contribution in [1.82, 2.24) is 19.2 Å². The molecule has 8 heteroatoms. The molecule has 1 atom stereocenters. The number of hydrogen-bond acceptors (Lipinski definition) is 4. The molecule has 0 aliphatic carbocycles. The normalized spacial score (nSPS) is 12.7. The summed E-state index contributed by atoms with van der Waals surface area (Å²) in [5.41, 5.74) is 1.16. The molecular weight excluding hydrogens is 400 g/mol. The number of benzene rings is 2. The molecule has 2 aromatic carbocycles. The molecule has 1 heterocycles. The van der Waals surface area contributed by atoms with E-state index in [0.717, 1.165) is 5.56 Å². The van der Waals surface area contributed by atoms with Crippen molar-refractivity contribution in [2.24, 2.45) is 7.05 Å². The van der Waals surface area contributed by atoms with Gasteiger partial charge in [-0.25, -0.2) is 13.4 Å². The fourth-order valence-corrected chi connectivity index (χ4v) is 4.83. The molecule has 1 N–H and O–H groups in total. The van der Waals surface area contributed by atoms with E-state index in [9.17, 15) is 13.2 Å². The van der Waals surface area contributed by atoms with E-state index < -0.39 is 16.1 Å². The lowest BCUT2D eigenvalue weighted by Gasteiger charge is -2.20. The fourth-order valence-electron chi connectivity index (χ4n) is 3.32. The van der Waals surface area contributed by atoms with Gasteiger partial charge < -0.3 is 9.88 Å². The van der Waals surface area contributed by atoms with Gasteiger partial charge in [-0.15, -0.1) is 0 Å². The zero-order valence-corrected chi connectivity index (χ0v) is 18.1. The molecular formula is C22H26N4O3S. The van der Waals surface area contributed by atoms with Crippen LogP contribution in [0.3, 0.4) is 0 Å². The minimum absolute atomic E-state index is 0.104. The van der Waals surface area contributed by atoms with Crippen LogP contribution in [0.2, 0.25) is 0 Å². The smallest absolute Gasteiger partial charge is 0.252 e. The topological polar surface area (TPSA) is 84.3 Å². The molecule has 0 aliphatic rings. The van der Waals surface area contributed by atoms with E-state index in [2.05, 4.69) is 10.3 Å². The summed E-state index contributed by atoms with van der Waals surface area (Å²) >= 11 is 0. The molecule has 3 aromatic rings. The van der Waals surface area contributed by atoms with Crippen molar-refractivity contribution >= 4 is 15.9 Å². The van der Waals surface area contributed by atoms with Gasteiger partial charge >= 0.3 is 0 Å². The predicted molar refractivity (Wildman–Crippen MR) is 116 cm³/mol. The molecule has 0 fully saturated rings. The van der Waals surface area contributed by atoms with E-state index in [1.807, 2.05) is 48.1 Å². The number of sulfonamides is 1. The summed E-state index contributed by atoms with van der Waals surface area (Å²) in [4.78, 5) is 17.6. The molecule has 158 valence electrons. The second kappa shape index (κ2) is 9.23. The monoisotopic (exact) mass is 426 g/mol. The van der Waals surface area contributed by atoms with Crippen molar-refractivity contribution in [2.75, 3.05) is 13.1 Å². The summed E-state index contributed by atoms with van der Waals surface area (Å²) in [5, 5.41) is 3.00. The summed E-state index contributed by atoms with van der Waals surface area (Å²) in [7, 11) is -1.79. The van der Waals surface area contributed by atoms with Crippen molar-refractivity contribution in [3.63, 3.8) is 0 Å². The lowest BCUT2D eigenvalue weighted by molar-refractivity contribution is 0.0941. The van der Waals surface area contributed by atoms with E-state index in [-0.39, 0.29) is 16.4 Å². The highest BCUT2D eigenvalue weighted by molar-refractivity contribution is 7.89. The minimum atomic E-state index is -3.65. The molecule has 0 saturated carbocycles. The second-order valence-electron chi connectivity index (χ2n) is 6.83. The van der Waals surface area contributed by atoms with Gasteiger partial charge in [0.2, 0.25) is 10.0 Å². The van der Waals surface area contributed by atoms with E-state index in [1.54, 1.807) is 32.2 Å². The Balaban J connectivity index is 1.93. The number of nitrogens with zero attached hydrogens (tertiary/aromatic N) is 3. The predicted octanol–water partition coefficient (Wildman–Crippen LogP) is 2.97. The van der Waals surface area contributed by atoms with Crippen LogP contribution < -0.4 is 5.32 Å². The van der Waals surface area contributed by atoms with Crippen molar-refractivity contribution in [3.05, 3.63) is 83.9 Å². The molecule has 0 spiro atoms. The van der Waals surface area contributed by atoms with Gasteiger partial charge in [0, 0.05) is 38.1 Å². The first-order valence-electron chi connectivity index (χ1n) is 9.81. The highest BCUT2D eigenvalue weighted by atomic mass is 32.2. The molecule has 0 radical (unpaired) electrons. The molecule has 0 bridgehead atoms. The quantitative estimate of drug-likeness (QED) is 0.600. The number of aromatic nitrogens is 2. The van der Waals surface area contributed by atoms with Gasteiger partial charge in [-0.3, -0.25) is 4.79 Å². The Morgan fingerprint density at radius 2 is 1.80 bits per heavy atom. The van der Waals surface area contributed by atoms with E-state index in [0.29, 0.717) is 18.9 Å². The Hall–Kier alpha value is -2.97. The van der Waals surface area contributed by atoms with Gasteiger partial charge in [-0.05, 0) is 23.8 Å². The maximum Gasteiger partial charge on any atom is 0.252 e. The number of carbonyl (C=O) groups excluding carboxylic acids is 1. The Morgan fingerprint density at radius 3 is 2.40 bits per heavy atom. The Kier molecular flexibility index (Phi) is 6.69. The third kappa shape index (κ3) is 4.44. The number of hydrogen-bond donors (Lipinski definition) is 1. The molecule has 30 heavy (non-hydrogen) atoms. The van der Waals surface area contributed by atoms with Crippen molar-refractivity contribution in [2.45, 2.75) is 24.8 Å².